The number of benzene rings is 2. The van der Waals surface area contributed by atoms with Crippen molar-refractivity contribution in [1.29, 1.82) is 0 Å². The van der Waals surface area contributed by atoms with Crippen LogP contribution in [0.25, 0.3) is 0 Å². The standard InChI is InChI=1S/C13H9F2NO6S/c1-21-8-3-5-13(12(7-8)16(17)18)23(19,20)22-9-2-4-10(14)11(15)6-9/h2-7H,1H3. The molecule has 23 heavy (non-hydrogen) atoms. The molecule has 0 bridgehead atoms. The summed E-state index contributed by atoms with van der Waals surface area (Å²) in [4.78, 5) is 9.34. The van der Waals surface area contributed by atoms with Gasteiger partial charge < -0.3 is 8.92 Å². The van der Waals surface area contributed by atoms with Crippen molar-refractivity contribution < 1.29 is 31.0 Å². The smallest absolute Gasteiger partial charge is 0.346 e. The number of halogens is 2. The second-order valence-electron chi connectivity index (χ2n) is 4.20. The van der Waals surface area contributed by atoms with Crippen molar-refractivity contribution in [2.45, 2.75) is 4.90 Å². The van der Waals surface area contributed by atoms with E-state index in [9.17, 15) is 27.3 Å². The number of rotatable bonds is 5. The second-order valence-corrected chi connectivity index (χ2v) is 5.72. The molecule has 122 valence electrons. The van der Waals surface area contributed by atoms with E-state index in [1.54, 1.807) is 0 Å². The minimum atomic E-state index is -4.63. The van der Waals surface area contributed by atoms with Crippen LogP contribution in [-0.4, -0.2) is 20.5 Å². The number of methoxy groups -OCH3 is 1. The molecule has 2 aromatic carbocycles. The first kappa shape index (κ1) is 16.6. The highest BCUT2D eigenvalue weighted by Crippen LogP contribution is 2.30. The number of hydrogen-bond acceptors (Lipinski definition) is 6. The Morgan fingerprint density at radius 1 is 1.04 bits per heavy atom. The van der Waals surface area contributed by atoms with Gasteiger partial charge in [-0.25, -0.2) is 8.78 Å². The van der Waals surface area contributed by atoms with Crippen LogP contribution in [0.4, 0.5) is 14.5 Å². The largest absolute Gasteiger partial charge is 0.497 e. The fourth-order valence-electron chi connectivity index (χ4n) is 1.68. The van der Waals surface area contributed by atoms with E-state index >= 15 is 0 Å². The molecule has 0 aromatic heterocycles. The average Bonchev–Trinajstić information content (AvgIpc) is 2.50. The molecule has 0 heterocycles. The van der Waals surface area contributed by atoms with Crippen LogP contribution in [0.1, 0.15) is 0 Å². The van der Waals surface area contributed by atoms with Crippen LogP contribution in [0, 0.1) is 21.7 Å². The minimum absolute atomic E-state index is 0.0727. The lowest BCUT2D eigenvalue weighted by atomic mass is 10.3. The minimum Gasteiger partial charge on any atom is -0.497 e. The Morgan fingerprint density at radius 3 is 2.26 bits per heavy atom. The molecule has 7 nitrogen and oxygen atoms in total. The van der Waals surface area contributed by atoms with E-state index in [1.807, 2.05) is 0 Å². The third kappa shape index (κ3) is 3.54. The molecule has 2 aromatic rings. The molecular formula is C13H9F2NO6S. The molecule has 0 radical (unpaired) electrons. The molecule has 10 heteroatoms. The molecule has 0 amide bonds. The normalized spacial score (nSPS) is 11.1. The number of nitrogens with zero attached hydrogens (tertiary/aromatic N) is 1. The maximum Gasteiger partial charge on any atom is 0.346 e. The Morgan fingerprint density at radius 2 is 1.70 bits per heavy atom. The number of ether oxygens (including phenoxy) is 1. The molecule has 0 spiro atoms. The second kappa shape index (κ2) is 6.16. The number of nitro groups is 1. The summed E-state index contributed by atoms with van der Waals surface area (Å²) in [7, 11) is -3.37. The maximum atomic E-state index is 13.1. The van der Waals surface area contributed by atoms with Crippen LogP contribution in [0.15, 0.2) is 41.3 Å². The molecule has 2 rings (SSSR count). The Balaban J connectivity index is 2.47. The van der Waals surface area contributed by atoms with Gasteiger partial charge >= 0.3 is 10.1 Å². The predicted octanol–water partition coefficient (Wildman–Crippen LogP) is 2.65. The van der Waals surface area contributed by atoms with Gasteiger partial charge in [-0.05, 0) is 24.3 Å². The Hall–Kier alpha value is -2.75. The van der Waals surface area contributed by atoms with Crippen LogP contribution in [-0.2, 0) is 10.1 Å². The van der Waals surface area contributed by atoms with Gasteiger partial charge in [-0.2, -0.15) is 8.42 Å². The summed E-state index contributed by atoms with van der Waals surface area (Å²) in [6.45, 7) is 0. The van der Waals surface area contributed by atoms with Crippen LogP contribution >= 0.6 is 0 Å². The predicted molar refractivity (Wildman–Crippen MR) is 73.8 cm³/mol. The van der Waals surface area contributed by atoms with Gasteiger partial charge in [0.15, 0.2) is 16.5 Å². The van der Waals surface area contributed by atoms with Gasteiger partial charge in [0.2, 0.25) is 0 Å². The maximum absolute atomic E-state index is 13.1. The molecule has 0 unspecified atom stereocenters. The van der Waals surface area contributed by atoms with Gasteiger partial charge in [-0.15, -0.1) is 0 Å². The van der Waals surface area contributed by atoms with Crippen molar-refractivity contribution in [1.82, 2.24) is 0 Å². The number of hydrogen-bond donors (Lipinski definition) is 0. The van der Waals surface area contributed by atoms with Gasteiger partial charge in [0.05, 0.1) is 18.1 Å². The molecule has 0 aliphatic carbocycles. The third-order valence-corrected chi connectivity index (χ3v) is 4.02. The van der Waals surface area contributed by atoms with Crippen molar-refractivity contribution >= 4 is 15.8 Å². The van der Waals surface area contributed by atoms with Crippen molar-refractivity contribution in [3.63, 3.8) is 0 Å². The van der Waals surface area contributed by atoms with E-state index < -0.39 is 43.0 Å². The lowest BCUT2D eigenvalue weighted by molar-refractivity contribution is -0.388. The first-order chi connectivity index (χ1) is 10.7. The van der Waals surface area contributed by atoms with Gasteiger partial charge in [0.25, 0.3) is 5.69 Å². The molecule has 0 aliphatic heterocycles. The SMILES string of the molecule is COc1ccc(S(=O)(=O)Oc2ccc(F)c(F)c2)c([N+](=O)[O-])c1. The van der Waals surface area contributed by atoms with Gasteiger partial charge in [0, 0.05) is 6.07 Å². The van der Waals surface area contributed by atoms with Gasteiger partial charge in [-0.1, -0.05) is 0 Å². The van der Waals surface area contributed by atoms with Crippen molar-refractivity contribution in [2.24, 2.45) is 0 Å². The number of nitro benzene ring substituents is 1. The fraction of sp³-hybridized carbons (Fsp3) is 0.0769. The summed E-state index contributed by atoms with van der Waals surface area (Å²) in [5.74, 6) is -2.95. The fourth-order valence-corrected chi connectivity index (χ4v) is 2.75. The zero-order valence-corrected chi connectivity index (χ0v) is 12.3. The first-order valence-corrected chi connectivity index (χ1v) is 7.37. The highest BCUT2D eigenvalue weighted by atomic mass is 32.2. The zero-order valence-electron chi connectivity index (χ0n) is 11.5. The van der Waals surface area contributed by atoms with E-state index in [-0.39, 0.29) is 5.75 Å². The van der Waals surface area contributed by atoms with Gasteiger partial charge in [0.1, 0.15) is 11.5 Å². The van der Waals surface area contributed by atoms with E-state index in [4.69, 9.17) is 4.74 Å². The Labute approximate surface area is 129 Å². The lowest BCUT2D eigenvalue weighted by Crippen LogP contribution is -2.12. The summed E-state index contributed by atoms with van der Waals surface area (Å²) in [5.41, 5.74) is -0.771. The van der Waals surface area contributed by atoms with E-state index in [1.165, 1.54) is 13.2 Å². The van der Waals surface area contributed by atoms with E-state index in [0.717, 1.165) is 18.2 Å². The zero-order chi connectivity index (χ0) is 17.2. The third-order valence-electron chi connectivity index (χ3n) is 2.73. The highest BCUT2D eigenvalue weighted by Gasteiger charge is 2.28. The highest BCUT2D eigenvalue weighted by molar-refractivity contribution is 7.87. The molecule has 0 aliphatic rings. The Bertz CT molecular complexity index is 869. The van der Waals surface area contributed by atoms with Gasteiger partial charge in [-0.3, -0.25) is 10.1 Å². The topological polar surface area (TPSA) is 95.7 Å². The van der Waals surface area contributed by atoms with Crippen LogP contribution in [0.5, 0.6) is 11.5 Å². The van der Waals surface area contributed by atoms with E-state index in [0.29, 0.717) is 12.1 Å². The molecule has 0 saturated carbocycles. The van der Waals surface area contributed by atoms with Crippen LogP contribution in [0.3, 0.4) is 0 Å². The Kier molecular flexibility index (Phi) is 4.45. The summed E-state index contributed by atoms with van der Waals surface area (Å²) in [6.07, 6.45) is 0. The average molecular weight is 345 g/mol. The lowest BCUT2D eigenvalue weighted by Gasteiger charge is -2.08. The monoisotopic (exact) mass is 345 g/mol. The summed E-state index contributed by atoms with van der Waals surface area (Å²) in [6, 6.07) is 5.08. The molecule has 0 fully saturated rings. The van der Waals surface area contributed by atoms with Crippen molar-refractivity contribution in [3.8, 4) is 11.5 Å². The molecule has 0 atom stereocenters. The summed E-state index contributed by atoms with van der Waals surface area (Å²) < 4.78 is 59.6. The summed E-state index contributed by atoms with van der Waals surface area (Å²) in [5, 5.41) is 11.0. The van der Waals surface area contributed by atoms with Crippen LogP contribution in [0.2, 0.25) is 0 Å². The first-order valence-electron chi connectivity index (χ1n) is 5.96. The quantitative estimate of drug-likeness (QED) is 0.470. The van der Waals surface area contributed by atoms with Crippen molar-refractivity contribution in [3.05, 3.63) is 58.1 Å². The van der Waals surface area contributed by atoms with Crippen molar-refractivity contribution in [2.75, 3.05) is 7.11 Å². The molecule has 0 saturated heterocycles. The molecule has 0 N–H and O–H groups in total. The molecular weight excluding hydrogens is 336 g/mol. The summed E-state index contributed by atoms with van der Waals surface area (Å²) >= 11 is 0. The van der Waals surface area contributed by atoms with E-state index in [2.05, 4.69) is 4.18 Å². The van der Waals surface area contributed by atoms with Crippen LogP contribution < -0.4 is 8.92 Å².